The zero-order valence-electron chi connectivity index (χ0n) is 11.7. The molecule has 0 fully saturated rings. The van der Waals surface area contributed by atoms with Gasteiger partial charge < -0.3 is 4.57 Å². The molecule has 20 heavy (non-hydrogen) atoms. The van der Waals surface area contributed by atoms with E-state index in [0.717, 1.165) is 24.4 Å². The van der Waals surface area contributed by atoms with Gasteiger partial charge in [0, 0.05) is 25.5 Å². The minimum Gasteiger partial charge on any atom is -0.335 e. The lowest BCUT2D eigenvalue weighted by Gasteiger charge is -2.17. The molecule has 0 spiro atoms. The topological polar surface area (TPSA) is 44.9 Å². The molecule has 4 nitrogen and oxygen atoms in total. The minimum atomic E-state index is -0.365. The van der Waals surface area contributed by atoms with Crippen molar-refractivity contribution >= 4 is 5.69 Å². The van der Waals surface area contributed by atoms with Crippen LogP contribution in [0, 0.1) is 31.1 Å². The summed E-state index contributed by atoms with van der Waals surface area (Å²) in [4.78, 5) is 5.54. The molecular weight excluding hydrogens is 255 g/mol. The first-order valence-corrected chi connectivity index (χ1v) is 6.53. The quantitative estimate of drug-likeness (QED) is 0.621. The fraction of sp³-hybridized carbons (Fsp3) is 0.333. The van der Waals surface area contributed by atoms with E-state index in [0.29, 0.717) is 12.2 Å². The van der Waals surface area contributed by atoms with E-state index in [9.17, 15) is 9.65 Å². The van der Waals surface area contributed by atoms with Gasteiger partial charge >= 0.3 is 0 Å². The number of anilines is 1. The molecule has 2 aromatic rings. The van der Waals surface area contributed by atoms with Crippen molar-refractivity contribution in [3.8, 4) is 6.19 Å². The number of hydrogen-bond acceptors (Lipinski definition) is 3. The van der Waals surface area contributed by atoms with Crippen molar-refractivity contribution < 1.29 is 4.39 Å². The van der Waals surface area contributed by atoms with E-state index in [4.69, 9.17) is 0 Å². The van der Waals surface area contributed by atoms with Gasteiger partial charge in [-0.2, -0.15) is 5.26 Å². The number of nitrogens with zero attached hydrogens (tertiary/aromatic N) is 4. The standard InChI is InChI=1S/C15H17FN4/c1-12-4-5-14(16)15(10-12)20(11-17)8-3-7-19-9-6-18-13(19)2/h4-6,9-10H,3,7-8H2,1-2H3. The number of benzene rings is 1. The van der Waals surface area contributed by atoms with E-state index >= 15 is 0 Å². The van der Waals surface area contributed by atoms with Gasteiger partial charge in [-0.25, -0.2) is 9.37 Å². The van der Waals surface area contributed by atoms with Gasteiger partial charge in [-0.3, -0.25) is 4.90 Å². The van der Waals surface area contributed by atoms with Gasteiger partial charge in [-0.05, 0) is 38.0 Å². The van der Waals surface area contributed by atoms with Crippen LogP contribution in [0.5, 0.6) is 0 Å². The summed E-state index contributed by atoms with van der Waals surface area (Å²) in [6.45, 7) is 5.06. The maximum Gasteiger partial charge on any atom is 0.184 e. The number of aryl methyl sites for hydroxylation is 3. The molecule has 1 aromatic carbocycles. The van der Waals surface area contributed by atoms with Crippen molar-refractivity contribution in [2.75, 3.05) is 11.4 Å². The van der Waals surface area contributed by atoms with Gasteiger partial charge in [0.05, 0.1) is 5.69 Å². The van der Waals surface area contributed by atoms with Crippen LogP contribution >= 0.6 is 0 Å². The van der Waals surface area contributed by atoms with E-state index in [1.807, 2.05) is 30.8 Å². The maximum atomic E-state index is 13.8. The van der Waals surface area contributed by atoms with Gasteiger partial charge in [0.2, 0.25) is 0 Å². The summed E-state index contributed by atoms with van der Waals surface area (Å²) in [7, 11) is 0. The SMILES string of the molecule is Cc1ccc(F)c(N(C#N)CCCn2ccnc2C)c1. The molecule has 5 heteroatoms. The van der Waals surface area contributed by atoms with Crippen LogP contribution in [0.4, 0.5) is 10.1 Å². The zero-order valence-corrected chi connectivity index (χ0v) is 11.7. The Kier molecular flexibility index (Phi) is 4.36. The Morgan fingerprint density at radius 2 is 2.20 bits per heavy atom. The Balaban J connectivity index is 2.01. The molecule has 0 aliphatic carbocycles. The molecular formula is C15H17FN4. The van der Waals surface area contributed by atoms with Crippen molar-refractivity contribution in [1.82, 2.24) is 9.55 Å². The highest BCUT2D eigenvalue weighted by Gasteiger charge is 2.11. The second-order valence-corrected chi connectivity index (χ2v) is 4.73. The van der Waals surface area contributed by atoms with Gasteiger partial charge in [-0.1, -0.05) is 6.07 Å². The van der Waals surface area contributed by atoms with E-state index in [1.54, 1.807) is 18.3 Å². The van der Waals surface area contributed by atoms with Crippen LogP contribution < -0.4 is 4.90 Å². The average molecular weight is 272 g/mol. The lowest BCUT2D eigenvalue weighted by atomic mass is 10.2. The maximum absolute atomic E-state index is 13.8. The summed E-state index contributed by atoms with van der Waals surface area (Å²) < 4.78 is 15.8. The van der Waals surface area contributed by atoms with Crippen LogP contribution in [0.1, 0.15) is 17.8 Å². The monoisotopic (exact) mass is 272 g/mol. The van der Waals surface area contributed by atoms with Gasteiger partial charge in [0.1, 0.15) is 11.6 Å². The molecule has 0 radical (unpaired) electrons. The van der Waals surface area contributed by atoms with Crippen LogP contribution in [0.15, 0.2) is 30.6 Å². The lowest BCUT2D eigenvalue weighted by Crippen LogP contribution is -2.20. The fourth-order valence-corrected chi connectivity index (χ4v) is 2.09. The minimum absolute atomic E-state index is 0.342. The van der Waals surface area contributed by atoms with Crippen molar-refractivity contribution in [1.29, 1.82) is 5.26 Å². The first kappa shape index (κ1) is 14.1. The van der Waals surface area contributed by atoms with E-state index in [2.05, 4.69) is 4.98 Å². The third-order valence-electron chi connectivity index (χ3n) is 3.22. The summed E-state index contributed by atoms with van der Waals surface area (Å²) in [6, 6.07) is 4.79. The predicted molar refractivity (Wildman–Crippen MR) is 75.7 cm³/mol. The molecule has 0 atom stereocenters. The highest BCUT2D eigenvalue weighted by molar-refractivity contribution is 5.53. The van der Waals surface area contributed by atoms with Crippen LogP contribution in [0.2, 0.25) is 0 Å². The van der Waals surface area contributed by atoms with Gasteiger partial charge in [0.15, 0.2) is 6.19 Å². The summed E-state index contributed by atoms with van der Waals surface area (Å²) in [6.07, 6.45) is 6.45. The van der Waals surface area contributed by atoms with Crippen LogP contribution in [-0.2, 0) is 6.54 Å². The Hall–Kier alpha value is -2.35. The summed E-state index contributed by atoms with van der Waals surface area (Å²) in [5.41, 5.74) is 1.28. The third-order valence-corrected chi connectivity index (χ3v) is 3.22. The Morgan fingerprint density at radius 1 is 1.40 bits per heavy atom. The molecule has 0 unspecified atom stereocenters. The first-order chi connectivity index (χ1) is 9.61. The zero-order chi connectivity index (χ0) is 14.5. The lowest BCUT2D eigenvalue weighted by molar-refractivity contribution is 0.607. The largest absolute Gasteiger partial charge is 0.335 e. The van der Waals surface area contributed by atoms with Gasteiger partial charge in [-0.15, -0.1) is 0 Å². The fourth-order valence-electron chi connectivity index (χ4n) is 2.09. The molecule has 0 saturated heterocycles. The second kappa shape index (κ2) is 6.20. The highest BCUT2D eigenvalue weighted by Crippen LogP contribution is 2.20. The number of hydrogen-bond donors (Lipinski definition) is 0. The molecule has 0 aliphatic rings. The third kappa shape index (κ3) is 3.15. The van der Waals surface area contributed by atoms with Crippen molar-refractivity contribution in [2.45, 2.75) is 26.8 Å². The molecule has 0 bridgehead atoms. The van der Waals surface area contributed by atoms with Crippen LogP contribution in [-0.4, -0.2) is 16.1 Å². The molecule has 0 N–H and O–H groups in total. The molecule has 2 rings (SSSR count). The Morgan fingerprint density at radius 3 is 2.85 bits per heavy atom. The molecule has 0 amide bonds. The van der Waals surface area contributed by atoms with E-state index in [-0.39, 0.29) is 5.82 Å². The molecule has 0 saturated carbocycles. The Bertz CT molecular complexity index is 627. The summed E-state index contributed by atoms with van der Waals surface area (Å²) in [5.74, 6) is 0.575. The Labute approximate surface area is 118 Å². The molecule has 1 aromatic heterocycles. The summed E-state index contributed by atoms with van der Waals surface area (Å²) in [5, 5.41) is 9.20. The van der Waals surface area contributed by atoms with E-state index in [1.165, 1.54) is 11.0 Å². The van der Waals surface area contributed by atoms with Gasteiger partial charge in [0.25, 0.3) is 0 Å². The second-order valence-electron chi connectivity index (χ2n) is 4.73. The van der Waals surface area contributed by atoms with Crippen molar-refractivity contribution in [2.24, 2.45) is 0 Å². The first-order valence-electron chi connectivity index (χ1n) is 6.53. The number of aromatic nitrogens is 2. The van der Waals surface area contributed by atoms with Crippen molar-refractivity contribution in [3.63, 3.8) is 0 Å². The molecule has 104 valence electrons. The van der Waals surface area contributed by atoms with Crippen LogP contribution in [0.25, 0.3) is 0 Å². The summed E-state index contributed by atoms with van der Waals surface area (Å²) >= 11 is 0. The molecule has 0 aliphatic heterocycles. The number of imidazole rings is 1. The number of rotatable bonds is 5. The van der Waals surface area contributed by atoms with E-state index < -0.39 is 0 Å². The number of halogens is 1. The van der Waals surface area contributed by atoms with Crippen LogP contribution in [0.3, 0.4) is 0 Å². The number of nitriles is 1. The highest BCUT2D eigenvalue weighted by atomic mass is 19.1. The normalized spacial score (nSPS) is 10.3. The smallest absolute Gasteiger partial charge is 0.184 e. The predicted octanol–water partition coefficient (Wildman–Crippen LogP) is 3.02. The van der Waals surface area contributed by atoms with Crippen molar-refractivity contribution in [3.05, 3.63) is 47.8 Å². The average Bonchev–Trinajstić information content (AvgIpc) is 2.84. The molecule has 1 heterocycles.